The first-order valence-corrected chi connectivity index (χ1v) is 33.0. The van der Waals surface area contributed by atoms with Crippen molar-refractivity contribution in [1.82, 2.24) is 109 Å². The van der Waals surface area contributed by atoms with E-state index in [9.17, 15) is 24.0 Å². The van der Waals surface area contributed by atoms with E-state index in [1.807, 2.05) is 75.6 Å². The number of allylic oxidation sites excluding steroid dienone is 1. The number of ketones is 2. The average Bonchev–Trinajstić information content (AvgIpc) is 1.64. The number of hydrogen-bond acceptors (Lipinski definition) is 27. The summed E-state index contributed by atoms with van der Waals surface area (Å²) in [6.07, 6.45) is 37.3. The summed E-state index contributed by atoms with van der Waals surface area (Å²) in [5.41, 5.74) is 4.84. The Morgan fingerprint density at radius 1 is 0.581 bits per heavy atom. The van der Waals surface area contributed by atoms with E-state index < -0.39 is 0 Å². The number of likely N-dealkylation sites (N-methyl/N-ethyl adjacent to an activating group) is 1. The van der Waals surface area contributed by atoms with Gasteiger partial charge in [-0.25, -0.2) is 53.7 Å². The van der Waals surface area contributed by atoms with Gasteiger partial charge in [-0.3, -0.25) is 34.4 Å². The number of urea groups is 3. The molecule has 38 heteroatoms. The Morgan fingerprint density at radius 2 is 1.01 bits per heavy atom. The van der Waals surface area contributed by atoms with Crippen LogP contribution in [0.4, 0.5) is 14.4 Å². The van der Waals surface area contributed by atoms with Gasteiger partial charge < -0.3 is 60.5 Å². The molecule has 2 N–H and O–H groups in total. The summed E-state index contributed by atoms with van der Waals surface area (Å²) < 4.78 is 44.3. The van der Waals surface area contributed by atoms with Crippen molar-refractivity contribution in [3.8, 4) is 46.3 Å². The fourth-order valence-corrected chi connectivity index (χ4v) is 10.9. The van der Waals surface area contributed by atoms with Gasteiger partial charge in [-0.15, -0.1) is 13.2 Å². The van der Waals surface area contributed by atoms with E-state index in [1.165, 1.54) is 76.7 Å². The second-order valence-electron chi connectivity index (χ2n) is 22.7. The Hall–Kier alpha value is -12.0. The van der Waals surface area contributed by atoms with Crippen LogP contribution in [0, 0.1) is 0 Å². The monoisotopic (exact) mass is 1560 g/mol. The maximum absolute atomic E-state index is 12.3. The Kier molecular flexibility index (Phi) is 28.2. The van der Waals surface area contributed by atoms with Crippen molar-refractivity contribution in [2.45, 2.75) is 31.5 Å². The summed E-state index contributed by atoms with van der Waals surface area (Å²) in [4.78, 5) is 102. The van der Waals surface area contributed by atoms with Gasteiger partial charge in [0.05, 0.1) is 99.5 Å². The summed E-state index contributed by atoms with van der Waals surface area (Å²) in [7, 11) is 12.5. The minimum absolute atomic E-state index is 0.0419. The van der Waals surface area contributed by atoms with Gasteiger partial charge in [0.25, 0.3) is 11.8 Å². The zero-order valence-corrected chi connectivity index (χ0v) is 60.6. The lowest BCUT2D eigenvalue weighted by Crippen LogP contribution is -2.33. The molecular weight excluding hydrogens is 1480 g/mol. The minimum atomic E-state index is -0.228. The smallest absolute Gasteiger partial charge is 0.345 e. The maximum Gasteiger partial charge on any atom is 0.345 e. The molecule has 6 aliphatic rings. The molecule has 0 saturated carbocycles. The second kappa shape index (κ2) is 38.3. The van der Waals surface area contributed by atoms with Gasteiger partial charge in [0.2, 0.25) is 41.5 Å². The molecule has 0 aromatic carbocycles. The molecule has 0 aliphatic carbocycles. The third kappa shape index (κ3) is 21.3. The molecule has 3 saturated heterocycles. The summed E-state index contributed by atoms with van der Waals surface area (Å²) in [6.45, 7) is 13.1. The number of ether oxygens (including phenoxy) is 2. The number of nitrogens with one attached hydrogen (secondary N) is 2. The molecule has 6 bridgehead atoms. The van der Waals surface area contributed by atoms with Gasteiger partial charge >= 0.3 is 18.1 Å². The number of halogens is 1. The first-order valence-electron chi connectivity index (χ1n) is 31.9. The number of oxazole rings is 6. The van der Waals surface area contributed by atoms with Gasteiger partial charge in [0, 0.05) is 103 Å². The molecule has 16 heterocycles. The number of aromatic amines is 2. The predicted octanol–water partition coefficient (Wildman–Crippen LogP) is 8.35. The molecule has 3 atom stereocenters. The number of fused-ring (bicyclic) bond motifs is 6. The second-order valence-corrected chi connectivity index (χ2v) is 24.1. The van der Waals surface area contributed by atoms with Crippen LogP contribution in [0.1, 0.15) is 28.3 Å². The largest absolute Gasteiger partial charge is 0.443 e. The molecule has 6 amide bonds. The number of hydroxylamine groups is 4. The van der Waals surface area contributed by atoms with Gasteiger partial charge in [-0.1, -0.05) is 12.2 Å². The van der Waals surface area contributed by atoms with Crippen molar-refractivity contribution in [1.29, 1.82) is 0 Å². The normalized spacial score (nSPS) is 16.5. The Labute approximate surface area is 614 Å². The van der Waals surface area contributed by atoms with Crippen LogP contribution in [0.2, 0.25) is 0 Å². The molecule has 552 valence electrons. The van der Waals surface area contributed by atoms with Crippen molar-refractivity contribution >= 4 is 63.6 Å². The van der Waals surface area contributed by atoms with E-state index >= 15 is 0 Å². The number of carbonyl (C=O) groups is 5. The van der Waals surface area contributed by atoms with E-state index in [2.05, 4.69) is 113 Å². The van der Waals surface area contributed by atoms with Crippen LogP contribution in [-0.4, -0.2) is 266 Å². The standard InChI is InChI=1S/C15H15N5O3.C13H13N5O2.C9H11IN2O2.C8H10N2O2.2C6H5N3O.C5H5NO2.C5H13NO2/c1-2-6-23-20-12-8-11(9-18(10-12)15(20)21)19-5-3-13(17-19)14-16-4-7-22-14;1-16-9-6-10(8-17(7-9)13(16)19)18-4-2-11(15-18)12-14-3-5-20-12;1-2-3-14-12-8-4-7(10)5-11(6-8)9(12)13;1-10(2)5-3-7(11)8-9-4-6-12-8;2*1-2-8-9-5(1)6-7-3-4-10-6;1-4(7)5-6-2-3-8-5;1-6(2)5(7-3)8-4/h2-5,7-8,12H,1,6,9-10H2;2-6,9H,7-8H2,1H3;2,4,8H,1,3,5-6H2;3-6H,1-2H3;2*1-4H,(H,8,9);2-3H,1H3;5H,1-4H3/b;;;5-3+;;;;. The van der Waals surface area contributed by atoms with E-state index in [4.69, 9.17) is 41.2 Å². The van der Waals surface area contributed by atoms with Gasteiger partial charge in [0.15, 0.2) is 0 Å². The molecule has 3 unspecified atom stereocenters. The Balaban J connectivity index is 0.000000143. The average molecular weight is 1560 g/mol. The first kappa shape index (κ1) is 77.2. The van der Waals surface area contributed by atoms with Crippen molar-refractivity contribution in [2.75, 3.05) is 102 Å². The number of amides is 6. The summed E-state index contributed by atoms with van der Waals surface area (Å²) in [6, 6.07) is 7.24. The van der Waals surface area contributed by atoms with E-state index in [0.717, 1.165) is 35.9 Å². The summed E-state index contributed by atoms with van der Waals surface area (Å²) in [5, 5.41) is 24.7. The van der Waals surface area contributed by atoms with E-state index in [0.29, 0.717) is 74.3 Å². The molecule has 6 aliphatic heterocycles. The summed E-state index contributed by atoms with van der Waals surface area (Å²) in [5.74, 6) is 2.02. The molecule has 16 rings (SSSR count). The van der Waals surface area contributed by atoms with Crippen LogP contribution in [0.5, 0.6) is 0 Å². The Bertz CT molecular complexity index is 4280. The fourth-order valence-electron chi connectivity index (χ4n) is 10.1. The highest BCUT2D eigenvalue weighted by atomic mass is 127. The molecular formula is C67H77IN22O15. The number of aromatic nitrogens is 14. The Morgan fingerprint density at radius 3 is 1.39 bits per heavy atom. The van der Waals surface area contributed by atoms with Crippen LogP contribution in [0.25, 0.3) is 57.7 Å². The predicted molar refractivity (Wildman–Crippen MR) is 382 cm³/mol. The number of H-pyrrole nitrogens is 2. The molecule has 37 nitrogen and oxygen atoms in total. The zero-order valence-electron chi connectivity index (χ0n) is 58.4. The van der Waals surface area contributed by atoms with Gasteiger partial charge in [0.1, 0.15) is 60.4 Å². The van der Waals surface area contributed by atoms with Crippen LogP contribution < -0.4 is 0 Å². The van der Waals surface area contributed by atoms with Crippen LogP contribution >= 0.6 is 22.6 Å². The van der Waals surface area contributed by atoms with Crippen LogP contribution in [0.15, 0.2) is 210 Å². The molecule has 105 heavy (non-hydrogen) atoms. The first-order chi connectivity index (χ1) is 50.9. The van der Waals surface area contributed by atoms with Crippen molar-refractivity contribution in [3.05, 3.63) is 195 Å². The highest BCUT2D eigenvalue weighted by Crippen LogP contribution is 2.30. The third-order valence-electron chi connectivity index (χ3n) is 14.8. The van der Waals surface area contributed by atoms with Crippen LogP contribution in [0.3, 0.4) is 0 Å². The van der Waals surface area contributed by atoms with E-state index in [1.54, 1.807) is 111 Å². The molecule has 0 spiro atoms. The zero-order chi connectivity index (χ0) is 74.8. The maximum atomic E-state index is 12.3. The number of carbonyl (C=O) groups excluding carboxylic acids is 5. The van der Waals surface area contributed by atoms with E-state index in [-0.39, 0.29) is 66.0 Å². The SMILES string of the molecule is C=CCON1C(=O)N2CC(I)=CC1C2.C=CCON1C(=O)N2CC(n3ccc(-c4ncco4)n3)=CC1C2.CC(=O)c1ncco1.CN(C)/C=C/C(=O)c1ncco1.CN1C(=O)N2CC(n3ccc(-c4ncco4)n3)=CC1C2.COC(OC)N(C)C.c1cc(-c2ncco2)[nH]n1.c1cc(-c2ncco2)[nH]n1. The topological polar surface area (TPSA) is 397 Å². The molecule has 3 fully saturated rings. The lowest BCUT2D eigenvalue weighted by atomic mass is 10.2. The van der Waals surface area contributed by atoms with Crippen molar-refractivity contribution in [2.24, 2.45) is 0 Å². The number of nitrogens with zero attached hydrogens (tertiary/aromatic N) is 20. The minimum Gasteiger partial charge on any atom is -0.443 e. The fraction of sp³-hybridized carbons (Fsp3) is 0.299. The number of Topliss-reactive ketones (excluding diaryl/α,β-unsaturated/α-hetero) is 1. The lowest BCUT2D eigenvalue weighted by molar-refractivity contribution is -0.179. The number of rotatable bonds is 19. The quantitative estimate of drug-likeness (QED) is 0.0252. The van der Waals surface area contributed by atoms with Crippen molar-refractivity contribution < 1.29 is 69.6 Å². The van der Waals surface area contributed by atoms with Crippen LogP contribution in [-0.2, 0) is 19.1 Å². The van der Waals surface area contributed by atoms with Crippen molar-refractivity contribution in [3.63, 3.8) is 0 Å². The summed E-state index contributed by atoms with van der Waals surface area (Å²) >= 11 is 2.25. The van der Waals surface area contributed by atoms with Gasteiger partial charge in [-0.2, -0.15) is 30.5 Å². The third-order valence-corrected chi connectivity index (χ3v) is 15.5. The number of methoxy groups -OCH3 is 2. The highest BCUT2D eigenvalue weighted by molar-refractivity contribution is 14.1. The molecule has 0 radical (unpaired) electrons. The lowest BCUT2D eigenvalue weighted by Gasteiger charge is -2.21. The molecule has 10 aromatic rings. The highest BCUT2D eigenvalue weighted by Gasteiger charge is 2.42. The number of hydrogen-bond donors (Lipinski definition) is 2. The van der Waals surface area contributed by atoms with Gasteiger partial charge in [-0.05, 0) is 79.2 Å². The molecule has 10 aromatic heterocycles.